The summed E-state index contributed by atoms with van der Waals surface area (Å²) in [5.74, 6) is 1.89. The molecule has 2 N–H and O–H groups in total. The Labute approximate surface area is 138 Å². The van der Waals surface area contributed by atoms with Gasteiger partial charge in [-0.3, -0.25) is 0 Å². The minimum Gasteiger partial charge on any atom is -0.491 e. The molecule has 0 spiro atoms. The molecule has 0 aliphatic carbocycles. The summed E-state index contributed by atoms with van der Waals surface area (Å²) in [6.45, 7) is 9.47. The molecule has 3 heteroatoms. The maximum Gasteiger partial charge on any atom is 0.129 e. The van der Waals surface area contributed by atoms with Crippen LogP contribution < -0.4 is 15.2 Å². The molecular formula is C20H25NO2. The molecule has 2 aromatic carbocycles. The summed E-state index contributed by atoms with van der Waals surface area (Å²) in [7, 11) is 0. The number of hydrogen-bond acceptors (Lipinski definition) is 3. The van der Waals surface area contributed by atoms with E-state index < -0.39 is 0 Å². The second-order valence-electron chi connectivity index (χ2n) is 6.91. The highest BCUT2D eigenvalue weighted by atomic mass is 16.5. The average Bonchev–Trinajstić information content (AvgIpc) is 2.53. The molecule has 0 saturated carbocycles. The largest absolute Gasteiger partial charge is 0.491 e. The minimum atomic E-state index is -0.303. The van der Waals surface area contributed by atoms with E-state index in [0.717, 1.165) is 29.0 Å². The predicted molar refractivity (Wildman–Crippen MR) is 93.2 cm³/mol. The highest BCUT2D eigenvalue weighted by molar-refractivity contribution is 5.59. The maximum atomic E-state index is 6.28. The second-order valence-corrected chi connectivity index (χ2v) is 6.91. The van der Waals surface area contributed by atoms with E-state index in [2.05, 4.69) is 32.9 Å². The van der Waals surface area contributed by atoms with Gasteiger partial charge in [-0.25, -0.2) is 0 Å². The molecule has 0 saturated heterocycles. The smallest absolute Gasteiger partial charge is 0.129 e. The van der Waals surface area contributed by atoms with Gasteiger partial charge in [0.05, 0.1) is 5.54 Å². The number of rotatable bonds is 3. The SMILES string of the molecule is Cc1c(C)c(OCc2ccccc2)c(C)c2c1CC(C)(N)CO2. The van der Waals surface area contributed by atoms with Crippen molar-refractivity contribution < 1.29 is 9.47 Å². The van der Waals surface area contributed by atoms with Gasteiger partial charge in [0.25, 0.3) is 0 Å². The van der Waals surface area contributed by atoms with Gasteiger partial charge >= 0.3 is 0 Å². The Morgan fingerprint density at radius 2 is 1.78 bits per heavy atom. The van der Waals surface area contributed by atoms with Gasteiger partial charge in [0.1, 0.15) is 24.7 Å². The number of nitrogens with two attached hydrogens (primary N) is 1. The molecule has 1 aliphatic rings. The summed E-state index contributed by atoms with van der Waals surface area (Å²) in [6, 6.07) is 10.2. The molecular weight excluding hydrogens is 286 g/mol. The third-order valence-electron chi connectivity index (χ3n) is 4.66. The molecule has 122 valence electrons. The first-order chi connectivity index (χ1) is 10.9. The van der Waals surface area contributed by atoms with Crippen molar-refractivity contribution >= 4 is 0 Å². The number of hydrogen-bond donors (Lipinski definition) is 1. The number of benzene rings is 2. The van der Waals surface area contributed by atoms with Crippen LogP contribution in [0.3, 0.4) is 0 Å². The molecule has 23 heavy (non-hydrogen) atoms. The summed E-state index contributed by atoms with van der Waals surface area (Å²) >= 11 is 0. The Hall–Kier alpha value is -2.00. The van der Waals surface area contributed by atoms with Gasteiger partial charge in [-0.15, -0.1) is 0 Å². The van der Waals surface area contributed by atoms with E-state index in [-0.39, 0.29) is 5.54 Å². The van der Waals surface area contributed by atoms with Crippen LogP contribution in [0.5, 0.6) is 11.5 Å². The van der Waals surface area contributed by atoms with E-state index in [1.54, 1.807) is 0 Å². The topological polar surface area (TPSA) is 44.5 Å². The summed E-state index contributed by atoms with van der Waals surface area (Å²) in [4.78, 5) is 0. The molecule has 1 atom stereocenters. The van der Waals surface area contributed by atoms with E-state index in [9.17, 15) is 0 Å². The predicted octanol–water partition coefficient (Wildman–Crippen LogP) is 3.84. The average molecular weight is 311 g/mol. The van der Waals surface area contributed by atoms with E-state index in [1.165, 1.54) is 16.7 Å². The monoisotopic (exact) mass is 311 g/mol. The second kappa shape index (κ2) is 5.89. The van der Waals surface area contributed by atoms with Crippen LogP contribution in [0.1, 0.15) is 34.7 Å². The lowest BCUT2D eigenvalue weighted by atomic mass is 9.86. The van der Waals surface area contributed by atoms with Crippen LogP contribution in [0, 0.1) is 20.8 Å². The lowest BCUT2D eigenvalue weighted by molar-refractivity contribution is 0.200. The fourth-order valence-corrected chi connectivity index (χ4v) is 3.22. The van der Waals surface area contributed by atoms with Gasteiger partial charge in [-0.05, 0) is 56.4 Å². The quantitative estimate of drug-likeness (QED) is 0.936. The summed E-state index contributed by atoms with van der Waals surface area (Å²) in [5, 5.41) is 0. The zero-order valence-electron chi connectivity index (χ0n) is 14.4. The number of fused-ring (bicyclic) bond motifs is 1. The minimum absolute atomic E-state index is 0.303. The highest BCUT2D eigenvalue weighted by Gasteiger charge is 2.31. The molecule has 0 radical (unpaired) electrons. The Balaban J connectivity index is 1.95. The van der Waals surface area contributed by atoms with Crippen LogP contribution in [0.15, 0.2) is 30.3 Å². The normalized spacial score (nSPS) is 19.9. The van der Waals surface area contributed by atoms with Crippen molar-refractivity contribution in [1.29, 1.82) is 0 Å². The van der Waals surface area contributed by atoms with Crippen molar-refractivity contribution in [2.75, 3.05) is 6.61 Å². The van der Waals surface area contributed by atoms with Gasteiger partial charge in [-0.1, -0.05) is 30.3 Å². The molecule has 0 fully saturated rings. The van der Waals surface area contributed by atoms with Crippen molar-refractivity contribution in [2.24, 2.45) is 5.73 Å². The molecule has 1 aliphatic heterocycles. The summed E-state index contributed by atoms with van der Waals surface area (Å²) in [5.41, 5.74) is 11.8. The van der Waals surface area contributed by atoms with Gasteiger partial charge in [0, 0.05) is 5.56 Å². The third-order valence-corrected chi connectivity index (χ3v) is 4.66. The Morgan fingerprint density at radius 3 is 2.48 bits per heavy atom. The highest BCUT2D eigenvalue weighted by Crippen LogP contribution is 2.42. The van der Waals surface area contributed by atoms with Gasteiger partial charge in [0.2, 0.25) is 0 Å². The molecule has 0 bridgehead atoms. The van der Waals surface area contributed by atoms with Crippen LogP contribution in [-0.4, -0.2) is 12.1 Å². The van der Waals surface area contributed by atoms with Crippen molar-refractivity contribution in [3.63, 3.8) is 0 Å². The fourth-order valence-electron chi connectivity index (χ4n) is 3.22. The van der Waals surface area contributed by atoms with Crippen LogP contribution in [-0.2, 0) is 13.0 Å². The first kappa shape index (κ1) is 15.9. The van der Waals surface area contributed by atoms with Gasteiger partial charge in [-0.2, -0.15) is 0 Å². The summed E-state index contributed by atoms with van der Waals surface area (Å²) in [6.07, 6.45) is 0.842. The molecule has 2 aromatic rings. The van der Waals surface area contributed by atoms with Gasteiger partial charge in [0.15, 0.2) is 0 Å². The van der Waals surface area contributed by atoms with Crippen molar-refractivity contribution in [3.05, 3.63) is 58.1 Å². The van der Waals surface area contributed by atoms with Crippen LogP contribution >= 0.6 is 0 Å². The van der Waals surface area contributed by atoms with Crippen LogP contribution in [0.2, 0.25) is 0 Å². The Bertz CT molecular complexity index is 720. The van der Waals surface area contributed by atoms with Crippen LogP contribution in [0.25, 0.3) is 0 Å². The zero-order valence-corrected chi connectivity index (χ0v) is 14.4. The number of ether oxygens (including phenoxy) is 2. The molecule has 1 unspecified atom stereocenters. The molecule has 1 heterocycles. The van der Waals surface area contributed by atoms with Crippen molar-refractivity contribution in [2.45, 2.75) is 46.3 Å². The van der Waals surface area contributed by atoms with Crippen molar-refractivity contribution in [3.8, 4) is 11.5 Å². The molecule has 0 amide bonds. The van der Waals surface area contributed by atoms with E-state index in [1.807, 2.05) is 25.1 Å². The molecule has 0 aromatic heterocycles. The lowest BCUT2D eigenvalue weighted by Gasteiger charge is -2.34. The summed E-state index contributed by atoms with van der Waals surface area (Å²) < 4.78 is 12.1. The Kier molecular flexibility index (Phi) is 4.07. The molecule has 3 rings (SSSR count). The standard InChI is InChI=1S/C20H25NO2/c1-13-14(2)18(22-11-16-8-6-5-7-9-16)15(3)19-17(13)10-20(4,21)12-23-19/h5-9H,10-12,21H2,1-4H3. The van der Waals surface area contributed by atoms with E-state index >= 15 is 0 Å². The van der Waals surface area contributed by atoms with Crippen LogP contribution in [0.4, 0.5) is 0 Å². The maximum absolute atomic E-state index is 6.28. The first-order valence-electron chi connectivity index (χ1n) is 8.10. The van der Waals surface area contributed by atoms with E-state index in [0.29, 0.717) is 13.2 Å². The molecule has 3 nitrogen and oxygen atoms in total. The zero-order chi connectivity index (χ0) is 16.6. The Morgan fingerprint density at radius 1 is 1.09 bits per heavy atom. The van der Waals surface area contributed by atoms with E-state index in [4.69, 9.17) is 15.2 Å². The first-order valence-corrected chi connectivity index (χ1v) is 8.10. The third kappa shape index (κ3) is 3.06. The lowest BCUT2D eigenvalue weighted by Crippen LogP contribution is -2.47. The fraction of sp³-hybridized carbons (Fsp3) is 0.400. The van der Waals surface area contributed by atoms with Gasteiger partial charge < -0.3 is 15.2 Å². The van der Waals surface area contributed by atoms with Crippen molar-refractivity contribution in [1.82, 2.24) is 0 Å².